The van der Waals surface area contributed by atoms with Crippen LogP contribution in [-0.2, 0) is 14.3 Å². The molecule has 1 aliphatic heterocycles. The number of ether oxygens (including phenoxy) is 1. The molecule has 0 saturated carbocycles. The van der Waals surface area contributed by atoms with Crippen molar-refractivity contribution in [3.63, 3.8) is 0 Å². The molecule has 0 radical (unpaired) electrons. The Morgan fingerprint density at radius 1 is 1.22 bits per heavy atom. The number of hydrogen-bond donors (Lipinski definition) is 1. The van der Waals surface area contributed by atoms with Crippen molar-refractivity contribution in [2.24, 2.45) is 0 Å². The molecule has 1 rings (SSSR count). The van der Waals surface area contributed by atoms with E-state index in [0.717, 1.165) is 19.5 Å². The van der Waals surface area contributed by atoms with E-state index in [1.165, 1.54) is 0 Å². The molecule has 1 fully saturated rings. The number of piperazine rings is 1. The van der Waals surface area contributed by atoms with E-state index in [0.29, 0.717) is 32.8 Å². The van der Waals surface area contributed by atoms with Crippen molar-refractivity contribution < 1.29 is 14.3 Å². The predicted octanol–water partition coefficient (Wildman–Crippen LogP) is -0.697. The van der Waals surface area contributed by atoms with Crippen LogP contribution in [-0.4, -0.2) is 74.6 Å². The van der Waals surface area contributed by atoms with Gasteiger partial charge in [-0.2, -0.15) is 0 Å². The zero-order valence-electron chi connectivity index (χ0n) is 11.3. The van der Waals surface area contributed by atoms with E-state index in [1.54, 1.807) is 4.90 Å². The molecule has 0 bridgehead atoms. The van der Waals surface area contributed by atoms with Gasteiger partial charge in [0, 0.05) is 45.9 Å². The second kappa shape index (κ2) is 8.05. The van der Waals surface area contributed by atoms with Gasteiger partial charge >= 0.3 is 11.8 Å². The van der Waals surface area contributed by atoms with Gasteiger partial charge in [-0.1, -0.05) is 0 Å². The lowest BCUT2D eigenvalue weighted by Crippen LogP contribution is -2.51. The summed E-state index contributed by atoms with van der Waals surface area (Å²) in [5, 5.41) is 2.63. The molecular formula is C12H23N3O3. The van der Waals surface area contributed by atoms with Gasteiger partial charge in [-0.25, -0.2) is 0 Å². The number of nitrogens with one attached hydrogen (secondary N) is 1. The molecule has 18 heavy (non-hydrogen) atoms. The number of rotatable bonds is 5. The van der Waals surface area contributed by atoms with Crippen molar-refractivity contribution in [1.82, 2.24) is 15.1 Å². The minimum Gasteiger partial charge on any atom is -0.382 e. The molecule has 6 heteroatoms. The molecule has 1 saturated heterocycles. The molecule has 0 spiro atoms. The first-order valence-corrected chi connectivity index (χ1v) is 6.48. The van der Waals surface area contributed by atoms with Crippen molar-refractivity contribution in [1.29, 1.82) is 0 Å². The number of nitrogens with zero attached hydrogens (tertiary/aromatic N) is 2. The Bertz CT molecular complexity index is 276. The summed E-state index contributed by atoms with van der Waals surface area (Å²) in [6.07, 6.45) is 0.732. The Kier molecular flexibility index (Phi) is 6.67. The van der Waals surface area contributed by atoms with Gasteiger partial charge in [-0.15, -0.1) is 0 Å². The molecule has 0 aromatic heterocycles. The lowest BCUT2D eigenvalue weighted by molar-refractivity contribution is -0.146. The number of likely N-dealkylation sites (N-methyl/N-ethyl adjacent to an activating group) is 1. The molecule has 0 aliphatic carbocycles. The van der Waals surface area contributed by atoms with Crippen LogP contribution in [0.3, 0.4) is 0 Å². The Hall–Kier alpha value is -1.14. The van der Waals surface area contributed by atoms with E-state index < -0.39 is 11.8 Å². The van der Waals surface area contributed by atoms with Gasteiger partial charge in [0.25, 0.3) is 0 Å². The molecule has 1 N–H and O–H groups in total. The summed E-state index contributed by atoms with van der Waals surface area (Å²) < 4.78 is 5.15. The Balaban J connectivity index is 2.18. The van der Waals surface area contributed by atoms with Crippen molar-refractivity contribution >= 4 is 11.8 Å². The first-order chi connectivity index (χ1) is 8.65. The van der Waals surface area contributed by atoms with E-state index in [9.17, 15) is 9.59 Å². The molecule has 0 aromatic carbocycles. The maximum atomic E-state index is 11.8. The Morgan fingerprint density at radius 2 is 1.89 bits per heavy atom. The first kappa shape index (κ1) is 14.9. The third kappa shape index (κ3) is 5.01. The van der Waals surface area contributed by atoms with Gasteiger partial charge in [0.1, 0.15) is 0 Å². The molecule has 0 unspecified atom stereocenters. The number of carbonyl (C=O) groups is 2. The van der Waals surface area contributed by atoms with Crippen LogP contribution in [0.4, 0.5) is 0 Å². The second-order valence-corrected chi connectivity index (χ2v) is 4.40. The van der Waals surface area contributed by atoms with Crippen LogP contribution < -0.4 is 5.32 Å². The Labute approximate surface area is 108 Å². The summed E-state index contributed by atoms with van der Waals surface area (Å²) in [4.78, 5) is 27.1. The number of carbonyl (C=O) groups excluding carboxylic acids is 2. The Morgan fingerprint density at radius 3 is 2.50 bits per heavy atom. The van der Waals surface area contributed by atoms with Crippen LogP contribution in [0, 0.1) is 0 Å². The lowest BCUT2D eigenvalue weighted by atomic mass is 10.3. The molecule has 1 heterocycles. The highest BCUT2D eigenvalue weighted by Crippen LogP contribution is 1.99. The van der Waals surface area contributed by atoms with Gasteiger partial charge < -0.3 is 19.9 Å². The number of hydrogen-bond acceptors (Lipinski definition) is 4. The molecule has 6 nitrogen and oxygen atoms in total. The fourth-order valence-electron chi connectivity index (χ4n) is 1.75. The van der Waals surface area contributed by atoms with Gasteiger partial charge in [-0.3, -0.25) is 9.59 Å². The second-order valence-electron chi connectivity index (χ2n) is 4.40. The van der Waals surface area contributed by atoms with E-state index >= 15 is 0 Å². The lowest BCUT2D eigenvalue weighted by Gasteiger charge is -2.31. The summed E-state index contributed by atoms with van der Waals surface area (Å²) in [6, 6.07) is 0. The largest absolute Gasteiger partial charge is 0.382 e. The quantitative estimate of drug-likeness (QED) is 0.523. The molecule has 1 aliphatic rings. The van der Waals surface area contributed by atoms with Gasteiger partial charge in [0.15, 0.2) is 0 Å². The zero-order valence-corrected chi connectivity index (χ0v) is 11.3. The highest BCUT2D eigenvalue weighted by molar-refractivity contribution is 6.35. The monoisotopic (exact) mass is 257 g/mol. The van der Waals surface area contributed by atoms with Crippen molar-refractivity contribution in [2.45, 2.75) is 13.3 Å². The average Bonchev–Trinajstić information content (AvgIpc) is 2.38. The third-order valence-electron chi connectivity index (χ3n) is 2.94. The molecule has 0 aromatic rings. The third-order valence-corrected chi connectivity index (χ3v) is 2.94. The zero-order chi connectivity index (χ0) is 13.4. The topological polar surface area (TPSA) is 61.9 Å². The fraction of sp³-hybridized carbons (Fsp3) is 0.833. The van der Waals surface area contributed by atoms with Crippen LogP contribution in [0.25, 0.3) is 0 Å². The summed E-state index contributed by atoms with van der Waals surface area (Å²) in [5.41, 5.74) is 0. The molecule has 104 valence electrons. The fourth-order valence-corrected chi connectivity index (χ4v) is 1.75. The van der Waals surface area contributed by atoms with Gasteiger partial charge in [0.2, 0.25) is 0 Å². The van der Waals surface area contributed by atoms with E-state index in [1.807, 2.05) is 14.0 Å². The van der Waals surface area contributed by atoms with Crippen LogP contribution in [0.15, 0.2) is 0 Å². The van der Waals surface area contributed by atoms with E-state index in [4.69, 9.17) is 4.74 Å². The van der Waals surface area contributed by atoms with E-state index in [2.05, 4.69) is 10.2 Å². The van der Waals surface area contributed by atoms with Crippen LogP contribution >= 0.6 is 0 Å². The van der Waals surface area contributed by atoms with Crippen LogP contribution in [0.1, 0.15) is 13.3 Å². The van der Waals surface area contributed by atoms with E-state index in [-0.39, 0.29) is 0 Å². The molecule has 2 amide bonds. The summed E-state index contributed by atoms with van der Waals surface area (Å²) in [6.45, 7) is 6.59. The molecular weight excluding hydrogens is 234 g/mol. The minimum atomic E-state index is -0.504. The summed E-state index contributed by atoms with van der Waals surface area (Å²) >= 11 is 0. The van der Waals surface area contributed by atoms with Crippen molar-refractivity contribution in [3.8, 4) is 0 Å². The van der Waals surface area contributed by atoms with Crippen LogP contribution in [0.2, 0.25) is 0 Å². The average molecular weight is 257 g/mol. The smallest absolute Gasteiger partial charge is 0.311 e. The van der Waals surface area contributed by atoms with Crippen molar-refractivity contribution in [3.05, 3.63) is 0 Å². The van der Waals surface area contributed by atoms with Crippen molar-refractivity contribution in [2.75, 3.05) is 53.0 Å². The highest BCUT2D eigenvalue weighted by Gasteiger charge is 2.24. The summed E-state index contributed by atoms with van der Waals surface area (Å²) in [5.74, 6) is -0.921. The maximum Gasteiger partial charge on any atom is 0.311 e. The van der Waals surface area contributed by atoms with Gasteiger partial charge in [-0.05, 0) is 20.4 Å². The maximum absolute atomic E-state index is 11.8. The van der Waals surface area contributed by atoms with Crippen LogP contribution in [0.5, 0.6) is 0 Å². The predicted molar refractivity (Wildman–Crippen MR) is 68.2 cm³/mol. The molecule has 0 atom stereocenters. The summed E-state index contributed by atoms with van der Waals surface area (Å²) in [7, 11) is 2.01. The highest BCUT2D eigenvalue weighted by atomic mass is 16.5. The normalized spacial score (nSPS) is 16.7. The standard InChI is InChI=1S/C12H23N3O3/c1-3-18-10-4-5-13-11(16)12(17)15-8-6-14(2)7-9-15/h3-10H2,1-2H3,(H,13,16). The SMILES string of the molecule is CCOCCCNC(=O)C(=O)N1CCN(C)CC1. The minimum absolute atomic E-state index is 0.417. The first-order valence-electron chi connectivity index (χ1n) is 6.48. The van der Waals surface area contributed by atoms with Gasteiger partial charge in [0.05, 0.1) is 0 Å². The number of amides is 2.